The summed E-state index contributed by atoms with van der Waals surface area (Å²) in [6.07, 6.45) is 9.01. The van der Waals surface area contributed by atoms with Gasteiger partial charge in [-0.15, -0.1) is 0 Å². The molecule has 1 aliphatic carbocycles. The highest BCUT2D eigenvalue weighted by molar-refractivity contribution is 5.85. The van der Waals surface area contributed by atoms with Crippen LogP contribution in [0.15, 0.2) is 55.0 Å². The molecule has 0 bridgehead atoms. The highest BCUT2D eigenvalue weighted by Crippen LogP contribution is 2.48. The van der Waals surface area contributed by atoms with Gasteiger partial charge in [0, 0.05) is 54.4 Å². The largest absolute Gasteiger partial charge is 0.361 e. The summed E-state index contributed by atoms with van der Waals surface area (Å²) in [5.41, 5.74) is 3.80. The molecule has 3 heterocycles. The van der Waals surface area contributed by atoms with Crippen molar-refractivity contribution in [2.45, 2.75) is 31.1 Å². The average molecular weight is 345 g/mol. The van der Waals surface area contributed by atoms with Crippen LogP contribution >= 0.6 is 0 Å². The second-order valence-corrected chi connectivity index (χ2v) is 7.64. The minimum absolute atomic E-state index is 0.166. The number of rotatable bonds is 3. The van der Waals surface area contributed by atoms with Crippen molar-refractivity contribution in [1.29, 1.82) is 0 Å². The third-order valence-corrected chi connectivity index (χ3v) is 6.04. The Bertz CT molecular complexity index is 933. The number of carbonyl (C=O) groups excluding carboxylic acids is 1. The number of nitrogens with one attached hydrogen (secondary N) is 1. The lowest BCUT2D eigenvalue weighted by atomic mass is 9.90. The van der Waals surface area contributed by atoms with Gasteiger partial charge in [-0.1, -0.05) is 18.2 Å². The maximum absolute atomic E-state index is 13.0. The van der Waals surface area contributed by atoms with Crippen molar-refractivity contribution in [3.63, 3.8) is 0 Å². The van der Waals surface area contributed by atoms with E-state index in [1.54, 1.807) is 0 Å². The molecule has 1 unspecified atom stereocenters. The number of likely N-dealkylation sites (tertiary alicyclic amines) is 1. The van der Waals surface area contributed by atoms with Gasteiger partial charge in [0.05, 0.1) is 0 Å². The third-order valence-electron chi connectivity index (χ3n) is 6.04. The Hall–Kier alpha value is -2.62. The molecule has 1 saturated heterocycles. The van der Waals surface area contributed by atoms with Gasteiger partial charge in [-0.3, -0.25) is 9.78 Å². The molecular formula is C22H23N3O. The van der Waals surface area contributed by atoms with Crippen molar-refractivity contribution in [2.75, 3.05) is 13.1 Å². The zero-order valence-electron chi connectivity index (χ0n) is 14.8. The molecule has 3 atom stereocenters. The summed E-state index contributed by atoms with van der Waals surface area (Å²) < 4.78 is 0. The smallest absolute Gasteiger partial charge is 0.226 e. The average Bonchev–Trinajstić information content (AvgIpc) is 3.39. The van der Waals surface area contributed by atoms with E-state index in [2.05, 4.69) is 45.3 Å². The molecule has 3 aromatic rings. The minimum atomic E-state index is 0.166. The van der Waals surface area contributed by atoms with Gasteiger partial charge in [-0.05, 0) is 54.5 Å². The summed E-state index contributed by atoms with van der Waals surface area (Å²) in [7, 11) is 0. The topological polar surface area (TPSA) is 49.0 Å². The van der Waals surface area contributed by atoms with E-state index in [9.17, 15) is 4.79 Å². The van der Waals surface area contributed by atoms with E-state index >= 15 is 0 Å². The molecule has 4 heteroatoms. The van der Waals surface area contributed by atoms with Crippen LogP contribution in [0.4, 0.5) is 0 Å². The zero-order valence-corrected chi connectivity index (χ0v) is 14.8. The molecule has 2 aromatic heterocycles. The Balaban J connectivity index is 1.31. The minimum Gasteiger partial charge on any atom is -0.361 e. The summed E-state index contributed by atoms with van der Waals surface area (Å²) in [5.74, 6) is 1.33. The fourth-order valence-corrected chi connectivity index (χ4v) is 4.54. The number of hydrogen-bond acceptors (Lipinski definition) is 2. The fourth-order valence-electron chi connectivity index (χ4n) is 4.54. The highest BCUT2D eigenvalue weighted by Gasteiger charge is 2.46. The Morgan fingerprint density at radius 2 is 2.00 bits per heavy atom. The number of aromatic amines is 1. The van der Waals surface area contributed by atoms with Crippen LogP contribution in [0.2, 0.25) is 0 Å². The van der Waals surface area contributed by atoms with E-state index in [1.807, 2.05) is 24.5 Å². The number of fused-ring (bicyclic) bond motifs is 1. The van der Waals surface area contributed by atoms with E-state index in [4.69, 9.17) is 0 Å². The number of pyridine rings is 1. The first-order valence-corrected chi connectivity index (χ1v) is 9.56. The van der Waals surface area contributed by atoms with E-state index in [0.29, 0.717) is 17.7 Å². The number of nitrogens with zero attached hydrogens (tertiary/aromatic N) is 2. The molecular weight excluding hydrogens is 322 g/mol. The molecule has 132 valence electrons. The van der Waals surface area contributed by atoms with Crippen LogP contribution in [-0.2, 0) is 4.79 Å². The Morgan fingerprint density at radius 1 is 1.15 bits per heavy atom. The molecule has 4 nitrogen and oxygen atoms in total. The van der Waals surface area contributed by atoms with Crippen LogP contribution in [0, 0.1) is 5.92 Å². The molecule has 26 heavy (non-hydrogen) atoms. The van der Waals surface area contributed by atoms with E-state index in [0.717, 1.165) is 32.4 Å². The van der Waals surface area contributed by atoms with Crippen molar-refractivity contribution in [1.82, 2.24) is 14.9 Å². The van der Waals surface area contributed by atoms with Crippen molar-refractivity contribution in [3.05, 3.63) is 66.1 Å². The van der Waals surface area contributed by atoms with Crippen molar-refractivity contribution >= 4 is 16.8 Å². The first kappa shape index (κ1) is 15.6. The molecule has 1 N–H and O–H groups in total. The molecule has 5 rings (SSSR count). The SMILES string of the molecule is O=C([C@H]1C[C@@H]1c1ccncc1)N1CCCC(c2c[nH]c3ccccc23)C1. The van der Waals surface area contributed by atoms with Crippen LogP contribution in [0.25, 0.3) is 10.9 Å². The monoisotopic (exact) mass is 345 g/mol. The van der Waals surface area contributed by atoms with Crippen molar-refractivity contribution in [2.24, 2.45) is 5.92 Å². The number of H-pyrrole nitrogens is 1. The zero-order chi connectivity index (χ0) is 17.5. The lowest BCUT2D eigenvalue weighted by Crippen LogP contribution is -2.40. The van der Waals surface area contributed by atoms with Crippen LogP contribution in [-0.4, -0.2) is 33.9 Å². The molecule has 0 spiro atoms. The van der Waals surface area contributed by atoms with Crippen molar-refractivity contribution in [3.8, 4) is 0 Å². The lowest BCUT2D eigenvalue weighted by Gasteiger charge is -2.33. The maximum atomic E-state index is 13.0. The van der Waals surface area contributed by atoms with Gasteiger partial charge in [-0.25, -0.2) is 0 Å². The van der Waals surface area contributed by atoms with Gasteiger partial charge in [0.2, 0.25) is 5.91 Å². The summed E-state index contributed by atoms with van der Waals surface area (Å²) in [6.45, 7) is 1.75. The molecule has 1 aliphatic heterocycles. The van der Waals surface area contributed by atoms with Gasteiger partial charge in [0.1, 0.15) is 0 Å². The lowest BCUT2D eigenvalue weighted by molar-refractivity contribution is -0.133. The van der Waals surface area contributed by atoms with Gasteiger partial charge in [0.15, 0.2) is 0 Å². The molecule has 2 aliphatic rings. The third kappa shape index (κ3) is 2.70. The maximum Gasteiger partial charge on any atom is 0.226 e. The molecule has 2 fully saturated rings. The second kappa shape index (κ2) is 6.27. The summed E-state index contributed by atoms with van der Waals surface area (Å²) >= 11 is 0. The molecule has 0 radical (unpaired) electrons. The molecule has 1 aromatic carbocycles. The van der Waals surface area contributed by atoms with Gasteiger partial charge in [0.25, 0.3) is 0 Å². The normalized spacial score (nSPS) is 25.4. The fraction of sp³-hybridized carbons (Fsp3) is 0.364. The summed E-state index contributed by atoms with van der Waals surface area (Å²) in [4.78, 5) is 22.6. The van der Waals surface area contributed by atoms with Crippen molar-refractivity contribution < 1.29 is 4.79 Å². The van der Waals surface area contributed by atoms with Crippen LogP contribution in [0.1, 0.15) is 42.2 Å². The van der Waals surface area contributed by atoms with E-state index in [1.165, 1.54) is 22.0 Å². The standard InChI is InChI=1S/C22H23N3O/c26-22(19-12-18(19)15-7-9-23-10-8-15)25-11-3-4-16(14-25)20-13-24-21-6-2-1-5-17(20)21/h1-2,5-10,13,16,18-19,24H,3-4,11-12,14H2/t16?,18-,19+/m1/s1. The first-order valence-electron chi connectivity index (χ1n) is 9.56. The summed E-state index contributed by atoms with van der Waals surface area (Å²) in [6, 6.07) is 12.5. The van der Waals surface area contributed by atoms with Gasteiger partial charge in [-0.2, -0.15) is 0 Å². The summed E-state index contributed by atoms with van der Waals surface area (Å²) in [5, 5.41) is 1.30. The quantitative estimate of drug-likeness (QED) is 0.778. The molecule has 1 saturated carbocycles. The van der Waals surface area contributed by atoms with Gasteiger partial charge < -0.3 is 9.88 Å². The Morgan fingerprint density at radius 3 is 2.88 bits per heavy atom. The van der Waals surface area contributed by atoms with E-state index in [-0.39, 0.29) is 5.92 Å². The number of amides is 1. The van der Waals surface area contributed by atoms with Crippen LogP contribution in [0.5, 0.6) is 0 Å². The van der Waals surface area contributed by atoms with Gasteiger partial charge >= 0.3 is 0 Å². The predicted octanol–water partition coefficient (Wildman–Crippen LogP) is 4.07. The van der Waals surface area contributed by atoms with Crippen LogP contribution < -0.4 is 0 Å². The predicted molar refractivity (Wildman–Crippen MR) is 102 cm³/mol. The number of piperidine rings is 1. The highest BCUT2D eigenvalue weighted by atomic mass is 16.2. The number of hydrogen-bond donors (Lipinski definition) is 1. The number of para-hydroxylation sites is 1. The second-order valence-electron chi connectivity index (χ2n) is 7.64. The number of carbonyl (C=O) groups is 1. The Kier molecular flexibility index (Phi) is 3.77. The molecule has 1 amide bonds. The first-order chi connectivity index (χ1) is 12.8. The number of benzene rings is 1. The van der Waals surface area contributed by atoms with Crippen LogP contribution in [0.3, 0.4) is 0 Å². The number of aromatic nitrogens is 2. The Labute approximate surface area is 153 Å². The van der Waals surface area contributed by atoms with E-state index < -0.39 is 0 Å².